The molecule has 5 heteroatoms. The molecule has 1 N–H and O–H groups in total. The number of amides is 1. The summed E-state index contributed by atoms with van der Waals surface area (Å²) in [4.78, 5) is 16.8. The van der Waals surface area contributed by atoms with Gasteiger partial charge in [0.25, 0.3) is 0 Å². The van der Waals surface area contributed by atoms with Crippen LogP contribution in [0, 0.1) is 0 Å². The van der Waals surface area contributed by atoms with Crippen molar-refractivity contribution >= 4 is 22.9 Å². The van der Waals surface area contributed by atoms with Gasteiger partial charge in [0.1, 0.15) is 10.8 Å². The number of benzene rings is 3. The van der Waals surface area contributed by atoms with Gasteiger partial charge >= 0.3 is 0 Å². The highest BCUT2D eigenvalue weighted by Gasteiger charge is 2.08. The molecular formula is C24H20N2O2S. The molecule has 0 fully saturated rings. The van der Waals surface area contributed by atoms with Gasteiger partial charge in [-0.1, -0.05) is 60.7 Å². The Kier molecular flexibility index (Phi) is 5.98. The molecule has 4 nitrogen and oxygen atoms in total. The number of rotatable bonds is 7. The molecule has 0 spiro atoms. The molecular weight excluding hydrogens is 380 g/mol. The minimum Gasteiger partial charge on any atom is -0.493 e. The lowest BCUT2D eigenvalue weighted by Gasteiger charge is -2.07. The van der Waals surface area contributed by atoms with Crippen molar-refractivity contribution < 1.29 is 9.53 Å². The second kappa shape index (κ2) is 9.17. The zero-order chi connectivity index (χ0) is 19.9. The number of anilines is 1. The molecule has 0 saturated heterocycles. The summed E-state index contributed by atoms with van der Waals surface area (Å²) in [6, 6.07) is 27.4. The smallest absolute Gasteiger partial charge is 0.227 e. The summed E-state index contributed by atoms with van der Waals surface area (Å²) in [6.45, 7) is 0.342. The average Bonchev–Trinajstić information content (AvgIpc) is 3.26. The van der Waals surface area contributed by atoms with Crippen molar-refractivity contribution in [3.05, 3.63) is 90.3 Å². The van der Waals surface area contributed by atoms with Crippen LogP contribution in [0.15, 0.2) is 90.3 Å². The summed E-state index contributed by atoms with van der Waals surface area (Å²) in [7, 11) is 0. The summed E-state index contributed by atoms with van der Waals surface area (Å²) < 4.78 is 5.56. The van der Waals surface area contributed by atoms with Gasteiger partial charge in [-0.25, -0.2) is 4.98 Å². The van der Waals surface area contributed by atoms with Crippen LogP contribution in [-0.4, -0.2) is 17.5 Å². The fraction of sp³-hybridized carbons (Fsp3) is 0.0833. The van der Waals surface area contributed by atoms with Gasteiger partial charge < -0.3 is 10.1 Å². The number of carbonyl (C=O) groups excluding carboxylic acids is 1. The predicted octanol–water partition coefficient (Wildman–Crippen LogP) is 5.88. The van der Waals surface area contributed by atoms with E-state index >= 15 is 0 Å². The molecule has 1 heterocycles. The van der Waals surface area contributed by atoms with E-state index in [4.69, 9.17) is 9.72 Å². The maximum Gasteiger partial charge on any atom is 0.227 e. The first-order chi connectivity index (χ1) is 14.3. The SMILES string of the molecule is O=C(CCOc1ccccc1)Nc1ccc(-c2csc(-c3ccccc3)n2)cc1. The number of hydrogen-bond acceptors (Lipinski definition) is 4. The molecule has 0 aliphatic rings. The van der Waals surface area contributed by atoms with Crippen LogP contribution in [0.5, 0.6) is 5.75 Å². The third-order valence-electron chi connectivity index (χ3n) is 4.33. The standard InChI is InChI=1S/C24H20N2O2S/c27-23(15-16-28-21-9-5-2-6-10-21)25-20-13-11-18(12-14-20)22-17-29-24(26-22)19-7-3-1-4-8-19/h1-14,17H,15-16H2,(H,25,27). The topological polar surface area (TPSA) is 51.2 Å². The van der Waals surface area contributed by atoms with Crippen molar-refractivity contribution in [3.63, 3.8) is 0 Å². The summed E-state index contributed by atoms with van der Waals surface area (Å²) in [6.07, 6.45) is 0.295. The van der Waals surface area contributed by atoms with E-state index in [1.807, 2.05) is 72.8 Å². The largest absolute Gasteiger partial charge is 0.493 e. The van der Waals surface area contributed by atoms with Crippen LogP contribution in [0.25, 0.3) is 21.8 Å². The zero-order valence-corrected chi connectivity index (χ0v) is 16.6. The summed E-state index contributed by atoms with van der Waals surface area (Å²) >= 11 is 1.62. The van der Waals surface area contributed by atoms with Crippen molar-refractivity contribution in [2.75, 3.05) is 11.9 Å². The monoisotopic (exact) mass is 400 g/mol. The fourth-order valence-electron chi connectivity index (χ4n) is 2.85. The first-order valence-electron chi connectivity index (χ1n) is 9.37. The van der Waals surface area contributed by atoms with E-state index in [9.17, 15) is 4.79 Å². The number of carbonyl (C=O) groups is 1. The van der Waals surface area contributed by atoms with Gasteiger partial charge in [0.2, 0.25) is 5.91 Å². The van der Waals surface area contributed by atoms with Crippen LogP contribution in [-0.2, 0) is 4.79 Å². The first-order valence-corrected chi connectivity index (χ1v) is 10.2. The molecule has 3 aromatic carbocycles. The Morgan fingerprint density at radius 2 is 1.55 bits per heavy atom. The average molecular weight is 401 g/mol. The summed E-state index contributed by atoms with van der Waals surface area (Å²) in [5.74, 6) is 0.691. The zero-order valence-electron chi connectivity index (χ0n) is 15.7. The molecule has 0 unspecified atom stereocenters. The number of nitrogens with zero attached hydrogens (tertiary/aromatic N) is 1. The molecule has 0 radical (unpaired) electrons. The number of thiazole rings is 1. The van der Waals surface area contributed by atoms with Gasteiger partial charge in [0.15, 0.2) is 0 Å². The van der Waals surface area contributed by atoms with E-state index in [0.717, 1.165) is 33.3 Å². The van der Waals surface area contributed by atoms with Crippen LogP contribution in [0.2, 0.25) is 0 Å². The van der Waals surface area contributed by atoms with E-state index in [-0.39, 0.29) is 5.91 Å². The fourth-order valence-corrected chi connectivity index (χ4v) is 3.68. The lowest BCUT2D eigenvalue weighted by Crippen LogP contribution is -2.15. The van der Waals surface area contributed by atoms with Crippen molar-refractivity contribution in [2.24, 2.45) is 0 Å². The number of hydrogen-bond donors (Lipinski definition) is 1. The van der Waals surface area contributed by atoms with E-state index in [2.05, 4.69) is 22.8 Å². The van der Waals surface area contributed by atoms with Gasteiger partial charge in [0, 0.05) is 22.2 Å². The Hall–Kier alpha value is -3.44. The highest BCUT2D eigenvalue weighted by molar-refractivity contribution is 7.13. The number of para-hydroxylation sites is 1. The van der Waals surface area contributed by atoms with E-state index < -0.39 is 0 Å². The Morgan fingerprint density at radius 3 is 2.28 bits per heavy atom. The quantitative estimate of drug-likeness (QED) is 0.421. The van der Waals surface area contributed by atoms with Gasteiger partial charge in [-0.2, -0.15) is 0 Å². The van der Waals surface area contributed by atoms with E-state index in [0.29, 0.717) is 13.0 Å². The Labute approximate surface area is 173 Å². The lowest BCUT2D eigenvalue weighted by molar-refractivity contribution is -0.116. The molecule has 4 aromatic rings. The van der Waals surface area contributed by atoms with Crippen LogP contribution in [0.3, 0.4) is 0 Å². The molecule has 0 saturated carbocycles. The molecule has 0 bridgehead atoms. The van der Waals surface area contributed by atoms with Crippen molar-refractivity contribution in [1.82, 2.24) is 4.98 Å². The van der Waals surface area contributed by atoms with Crippen molar-refractivity contribution in [2.45, 2.75) is 6.42 Å². The highest BCUT2D eigenvalue weighted by Crippen LogP contribution is 2.29. The van der Waals surface area contributed by atoms with Gasteiger partial charge in [0.05, 0.1) is 18.7 Å². The third kappa shape index (κ3) is 5.09. The third-order valence-corrected chi connectivity index (χ3v) is 5.22. The molecule has 1 aromatic heterocycles. The number of ether oxygens (including phenoxy) is 1. The molecule has 144 valence electrons. The Morgan fingerprint density at radius 1 is 0.862 bits per heavy atom. The number of aromatic nitrogens is 1. The van der Waals surface area contributed by atoms with Gasteiger partial charge in [-0.15, -0.1) is 11.3 Å². The van der Waals surface area contributed by atoms with Crippen molar-refractivity contribution in [3.8, 4) is 27.6 Å². The highest BCUT2D eigenvalue weighted by atomic mass is 32.1. The summed E-state index contributed by atoms with van der Waals surface area (Å²) in [5, 5.41) is 5.95. The van der Waals surface area contributed by atoms with Crippen LogP contribution in [0.1, 0.15) is 6.42 Å². The Balaban J connectivity index is 1.32. The van der Waals surface area contributed by atoms with Crippen molar-refractivity contribution in [1.29, 1.82) is 0 Å². The van der Waals surface area contributed by atoms with Gasteiger partial charge in [-0.3, -0.25) is 4.79 Å². The molecule has 1 amide bonds. The lowest BCUT2D eigenvalue weighted by atomic mass is 10.1. The normalized spacial score (nSPS) is 10.5. The van der Waals surface area contributed by atoms with Crippen LogP contribution >= 0.6 is 11.3 Å². The van der Waals surface area contributed by atoms with Crippen LogP contribution in [0.4, 0.5) is 5.69 Å². The van der Waals surface area contributed by atoms with E-state index in [1.54, 1.807) is 11.3 Å². The molecule has 0 aliphatic heterocycles. The predicted molar refractivity (Wildman–Crippen MR) is 118 cm³/mol. The molecule has 29 heavy (non-hydrogen) atoms. The molecule has 0 atom stereocenters. The van der Waals surface area contributed by atoms with Crippen LogP contribution < -0.4 is 10.1 Å². The van der Waals surface area contributed by atoms with E-state index in [1.165, 1.54) is 0 Å². The summed E-state index contributed by atoms with van der Waals surface area (Å²) in [5.41, 5.74) is 3.83. The molecule has 4 rings (SSSR count). The minimum absolute atomic E-state index is 0.0753. The second-order valence-electron chi connectivity index (χ2n) is 6.44. The second-order valence-corrected chi connectivity index (χ2v) is 7.30. The number of nitrogens with one attached hydrogen (secondary N) is 1. The Bertz CT molecular complexity index is 1060. The molecule has 0 aliphatic carbocycles. The first kappa shape index (κ1) is 18.9. The minimum atomic E-state index is -0.0753. The maximum absolute atomic E-state index is 12.1. The van der Waals surface area contributed by atoms with Gasteiger partial charge in [-0.05, 0) is 24.3 Å². The maximum atomic E-state index is 12.1.